The van der Waals surface area contributed by atoms with Crippen molar-refractivity contribution in [1.82, 2.24) is 9.62 Å². The highest BCUT2D eigenvalue weighted by Gasteiger charge is 2.44. The molecule has 0 unspecified atom stereocenters. The lowest BCUT2D eigenvalue weighted by molar-refractivity contribution is -0.115. The molecule has 29 heavy (non-hydrogen) atoms. The van der Waals surface area contributed by atoms with E-state index in [0.717, 1.165) is 22.0 Å². The summed E-state index contributed by atoms with van der Waals surface area (Å²) < 4.78 is 53.7. The van der Waals surface area contributed by atoms with Crippen LogP contribution < -0.4 is 5.32 Å². The second-order valence-electron chi connectivity index (χ2n) is 7.29. The molecule has 0 saturated carbocycles. The van der Waals surface area contributed by atoms with Gasteiger partial charge in [0.25, 0.3) is 5.91 Å². The van der Waals surface area contributed by atoms with Crippen LogP contribution in [0.25, 0.3) is 0 Å². The van der Waals surface area contributed by atoms with Crippen LogP contribution in [0.1, 0.15) is 24.0 Å². The molecule has 4 rings (SSSR count). The Morgan fingerprint density at radius 2 is 1.83 bits per heavy atom. The summed E-state index contributed by atoms with van der Waals surface area (Å²) in [4.78, 5) is 16.5. The van der Waals surface area contributed by atoms with Gasteiger partial charge in [0.05, 0.1) is 0 Å². The third-order valence-corrected chi connectivity index (χ3v) is 7.17. The highest BCUT2D eigenvalue weighted by atomic mass is 32.2. The van der Waals surface area contributed by atoms with Crippen molar-refractivity contribution >= 4 is 21.6 Å². The van der Waals surface area contributed by atoms with Crippen LogP contribution in [0.2, 0.25) is 0 Å². The number of hydrogen-bond donors (Lipinski definition) is 1. The van der Waals surface area contributed by atoms with E-state index < -0.39 is 32.2 Å². The first kappa shape index (κ1) is 19.7. The number of carbonyl (C=O) groups excluding carboxylic acids is 1. The van der Waals surface area contributed by atoms with E-state index >= 15 is 0 Å². The maximum atomic E-state index is 14.0. The molecule has 2 aromatic carbocycles. The van der Waals surface area contributed by atoms with Gasteiger partial charge in [-0.05, 0) is 25.1 Å². The van der Waals surface area contributed by atoms with Crippen molar-refractivity contribution in [3.63, 3.8) is 0 Å². The average Bonchev–Trinajstić information content (AvgIpc) is 2.97. The van der Waals surface area contributed by atoms with E-state index in [2.05, 4.69) is 10.3 Å². The molecule has 0 aromatic heterocycles. The van der Waals surface area contributed by atoms with Gasteiger partial charge in [0.2, 0.25) is 10.0 Å². The summed E-state index contributed by atoms with van der Waals surface area (Å²) in [6, 6.07) is 9.83. The van der Waals surface area contributed by atoms with Crippen LogP contribution in [0, 0.1) is 18.6 Å². The molecule has 2 aromatic rings. The van der Waals surface area contributed by atoms with E-state index in [1.54, 1.807) is 6.07 Å². The third-order valence-electron chi connectivity index (χ3n) is 5.24. The molecule has 2 heterocycles. The quantitative estimate of drug-likeness (QED) is 0.830. The standard InChI is InChI=1S/C20H19F2N3O3S/c1-13-3-2-4-14(11-13)18-19(26)24-20(23-18)7-9-25(10-8-20)29(27,28)17-6-5-15(21)12-16(17)22/h2-6,11-12H,7-10H2,1H3,(H,24,26). The van der Waals surface area contributed by atoms with E-state index in [0.29, 0.717) is 17.3 Å². The number of halogens is 2. The highest BCUT2D eigenvalue weighted by Crippen LogP contribution is 2.32. The zero-order chi connectivity index (χ0) is 20.8. The second kappa shape index (κ2) is 7.00. The molecular weight excluding hydrogens is 400 g/mol. The Bertz CT molecular complexity index is 1120. The topological polar surface area (TPSA) is 78.8 Å². The maximum Gasteiger partial charge on any atom is 0.272 e. The Morgan fingerprint density at radius 1 is 1.10 bits per heavy atom. The molecule has 6 nitrogen and oxygen atoms in total. The molecular formula is C20H19F2N3O3S. The number of rotatable bonds is 3. The van der Waals surface area contributed by atoms with Crippen molar-refractivity contribution in [2.75, 3.05) is 13.1 Å². The lowest BCUT2D eigenvalue weighted by Gasteiger charge is -2.36. The number of nitrogens with one attached hydrogen (secondary N) is 1. The predicted molar refractivity (Wildman–Crippen MR) is 103 cm³/mol. The molecule has 9 heteroatoms. The van der Waals surface area contributed by atoms with Crippen LogP contribution >= 0.6 is 0 Å². The highest BCUT2D eigenvalue weighted by molar-refractivity contribution is 7.89. The molecule has 1 amide bonds. The molecule has 0 atom stereocenters. The van der Waals surface area contributed by atoms with Gasteiger partial charge in [-0.1, -0.05) is 23.8 Å². The SMILES string of the molecule is Cc1cccc(C2=NC3(CCN(S(=O)(=O)c4ccc(F)cc4F)CC3)NC2=O)c1. The first-order chi connectivity index (χ1) is 13.7. The summed E-state index contributed by atoms with van der Waals surface area (Å²) in [5.41, 5.74) is 1.17. The Labute approximate surface area is 167 Å². The summed E-state index contributed by atoms with van der Waals surface area (Å²) in [5, 5.41) is 2.88. The number of aliphatic imine (C=N–C) groups is 1. The fraction of sp³-hybridized carbons (Fsp3) is 0.300. The molecule has 1 N–H and O–H groups in total. The van der Waals surface area contributed by atoms with Crippen molar-refractivity contribution in [3.05, 3.63) is 65.2 Å². The Balaban J connectivity index is 1.55. The average molecular weight is 419 g/mol. The molecule has 152 valence electrons. The monoisotopic (exact) mass is 419 g/mol. The number of nitrogens with zero attached hydrogens (tertiary/aromatic N) is 2. The number of carbonyl (C=O) groups is 1. The van der Waals surface area contributed by atoms with Crippen LogP contribution in [0.5, 0.6) is 0 Å². The summed E-state index contributed by atoms with van der Waals surface area (Å²) >= 11 is 0. The van der Waals surface area contributed by atoms with Crippen LogP contribution in [0.4, 0.5) is 8.78 Å². The summed E-state index contributed by atoms with van der Waals surface area (Å²) in [7, 11) is -4.11. The smallest absolute Gasteiger partial charge is 0.272 e. The van der Waals surface area contributed by atoms with Gasteiger partial charge < -0.3 is 5.32 Å². The van der Waals surface area contributed by atoms with E-state index in [1.807, 2.05) is 25.1 Å². The maximum absolute atomic E-state index is 14.0. The van der Waals surface area contributed by atoms with Gasteiger partial charge in [0, 0.05) is 37.6 Å². The van der Waals surface area contributed by atoms with Gasteiger partial charge in [-0.25, -0.2) is 17.2 Å². The van der Waals surface area contributed by atoms with Gasteiger partial charge >= 0.3 is 0 Å². The van der Waals surface area contributed by atoms with Gasteiger partial charge in [-0.15, -0.1) is 0 Å². The molecule has 2 aliphatic heterocycles. The number of piperidine rings is 1. The van der Waals surface area contributed by atoms with Crippen LogP contribution in [-0.2, 0) is 14.8 Å². The summed E-state index contributed by atoms with van der Waals surface area (Å²) in [6.07, 6.45) is 0.520. The lowest BCUT2D eigenvalue weighted by atomic mass is 10.00. The Morgan fingerprint density at radius 3 is 2.48 bits per heavy atom. The minimum Gasteiger partial charge on any atom is -0.326 e. The lowest BCUT2D eigenvalue weighted by Crippen LogP contribution is -2.52. The molecule has 0 radical (unpaired) electrons. The summed E-state index contributed by atoms with van der Waals surface area (Å²) in [5.74, 6) is -2.26. The second-order valence-corrected chi connectivity index (χ2v) is 9.20. The molecule has 0 bridgehead atoms. The molecule has 1 saturated heterocycles. The predicted octanol–water partition coefficient (Wildman–Crippen LogP) is 2.37. The molecule has 1 fully saturated rings. The van der Waals surface area contributed by atoms with Crippen LogP contribution in [0.15, 0.2) is 52.4 Å². The largest absolute Gasteiger partial charge is 0.326 e. The summed E-state index contributed by atoms with van der Waals surface area (Å²) in [6.45, 7) is 2.04. The van der Waals surface area contributed by atoms with Crippen molar-refractivity contribution in [3.8, 4) is 0 Å². The normalized spacial score (nSPS) is 19.3. The minimum absolute atomic E-state index is 0.0596. The van der Waals surface area contributed by atoms with E-state index in [1.165, 1.54) is 0 Å². The third kappa shape index (κ3) is 3.56. The van der Waals surface area contributed by atoms with Crippen LogP contribution in [-0.4, -0.2) is 43.1 Å². The van der Waals surface area contributed by atoms with E-state index in [-0.39, 0.29) is 31.8 Å². The van der Waals surface area contributed by atoms with Crippen molar-refractivity contribution in [2.45, 2.75) is 30.3 Å². The Hall–Kier alpha value is -2.65. The minimum atomic E-state index is -4.11. The molecule has 2 aliphatic rings. The van der Waals surface area contributed by atoms with Crippen molar-refractivity contribution < 1.29 is 22.0 Å². The van der Waals surface area contributed by atoms with E-state index in [4.69, 9.17) is 0 Å². The number of aryl methyl sites for hydroxylation is 1. The first-order valence-corrected chi connectivity index (χ1v) is 10.6. The number of hydrogen-bond acceptors (Lipinski definition) is 4. The van der Waals surface area contributed by atoms with Crippen molar-refractivity contribution in [1.29, 1.82) is 0 Å². The zero-order valence-electron chi connectivity index (χ0n) is 15.7. The van der Waals surface area contributed by atoms with Crippen molar-refractivity contribution in [2.24, 2.45) is 4.99 Å². The van der Waals surface area contributed by atoms with Gasteiger partial charge in [-0.2, -0.15) is 4.31 Å². The van der Waals surface area contributed by atoms with Gasteiger partial charge in [0.15, 0.2) is 0 Å². The van der Waals surface area contributed by atoms with Gasteiger partial charge in [-0.3, -0.25) is 9.79 Å². The zero-order valence-corrected chi connectivity index (χ0v) is 16.5. The first-order valence-electron chi connectivity index (χ1n) is 9.15. The molecule has 1 spiro atoms. The molecule has 0 aliphatic carbocycles. The Kier molecular flexibility index (Phi) is 4.74. The number of amides is 1. The fourth-order valence-electron chi connectivity index (χ4n) is 3.71. The number of sulfonamides is 1. The van der Waals surface area contributed by atoms with Crippen LogP contribution in [0.3, 0.4) is 0 Å². The fourth-order valence-corrected chi connectivity index (χ4v) is 5.19. The van der Waals surface area contributed by atoms with E-state index in [9.17, 15) is 22.0 Å². The number of benzene rings is 2. The van der Waals surface area contributed by atoms with Gasteiger partial charge in [0.1, 0.15) is 27.9 Å².